The maximum absolute atomic E-state index is 13.3. The summed E-state index contributed by atoms with van der Waals surface area (Å²) in [5.74, 6) is -0.336. The Morgan fingerprint density at radius 1 is 1.23 bits per heavy atom. The quantitative estimate of drug-likeness (QED) is 0.380. The van der Waals surface area contributed by atoms with Gasteiger partial charge in [0.25, 0.3) is 5.56 Å². The minimum Gasteiger partial charge on any atom is -0.438 e. The van der Waals surface area contributed by atoms with Crippen molar-refractivity contribution in [2.45, 2.75) is 10.8 Å². The maximum atomic E-state index is 13.3. The van der Waals surface area contributed by atoms with E-state index in [0.29, 0.717) is 32.6 Å². The van der Waals surface area contributed by atoms with Crippen LogP contribution >= 0.6 is 11.6 Å². The molecule has 0 amide bonds. The number of hydrogen-bond acceptors (Lipinski definition) is 7. The van der Waals surface area contributed by atoms with E-state index in [0.717, 1.165) is 4.31 Å². The largest absolute Gasteiger partial charge is 0.438 e. The Bertz CT molecular complexity index is 1720. The first kappa shape index (κ1) is 22.9. The molecule has 4 aromatic rings. The topological polar surface area (TPSA) is 142 Å². The van der Waals surface area contributed by atoms with Crippen LogP contribution in [0.25, 0.3) is 10.9 Å². The number of halogens is 1. The minimum absolute atomic E-state index is 0.0406. The number of aromatic amines is 1. The van der Waals surface area contributed by atoms with Gasteiger partial charge in [-0.15, -0.1) is 0 Å². The summed E-state index contributed by atoms with van der Waals surface area (Å²) in [6.07, 6.45) is 1.53. The molecule has 0 bridgehead atoms. The van der Waals surface area contributed by atoms with E-state index < -0.39 is 21.5 Å². The molecule has 9 nitrogen and oxygen atoms in total. The van der Waals surface area contributed by atoms with Crippen LogP contribution in [-0.4, -0.2) is 36.8 Å². The molecule has 0 fully saturated rings. The summed E-state index contributed by atoms with van der Waals surface area (Å²) in [6, 6.07) is 13.6. The van der Waals surface area contributed by atoms with Gasteiger partial charge in [0, 0.05) is 47.7 Å². The number of sulfonamides is 1. The van der Waals surface area contributed by atoms with Gasteiger partial charge in [-0.3, -0.25) is 14.8 Å². The van der Waals surface area contributed by atoms with Crippen LogP contribution < -0.4 is 16.0 Å². The fourth-order valence-electron chi connectivity index (χ4n) is 4.29. The molecule has 3 N–H and O–H groups in total. The molecule has 1 aliphatic heterocycles. The van der Waals surface area contributed by atoms with Crippen molar-refractivity contribution >= 4 is 38.2 Å². The number of anilines is 1. The molecule has 35 heavy (non-hydrogen) atoms. The molecule has 0 saturated carbocycles. The molecule has 1 aliphatic rings. The van der Waals surface area contributed by atoms with Crippen LogP contribution in [0.2, 0.25) is 5.02 Å². The zero-order chi connectivity index (χ0) is 25.1. The number of benzene rings is 2. The van der Waals surface area contributed by atoms with Crippen molar-refractivity contribution in [1.29, 1.82) is 5.26 Å². The first-order chi connectivity index (χ1) is 16.6. The smallest absolute Gasteiger partial charge is 0.270 e. The van der Waals surface area contributed by atoms with Gasteiger partial charge in [0.05, 0.1) is 10.6 Å². The SMILES string of the molecule is CN(C)S(=O)(=O)c1cc2c(c3ncccc13)Oc1[nH]c(=O)c(C#N)c(N)c1C2c1ccc(Cl)cc1. The van der Waals surface area contributed by atoms with Crippen LogP contribution in [0.5, 0.6) is 11.6 Å². The number of fused-ring (bicyclic) bond motifs is 4. The van der Waals surface area contributed by atoms with Crippen molar-refractivity contribution in [1.82, 2.24) is 14.3 Å². The van der Waals surface area contributed by atoms with Crippen molar-refractivity contribution in [3.8, 4) is 17.7 Å². The summed E-state index contributed by atoms with van der Waals surface area (Å²) in [5, 5.41) is 10.4. The summed E-state index contributed by atoms with van der Waals surface area (Å²) in [5.41, 5.74) is 7.15. The van der Waals surface area contributed by atoms with E-state index in [9.17, 15) is 18.5 Å². The Balaban J connectivity index is 1.95. The lowest BCUT2D eigenvalue weighted by Gasteiger charge is -2.31. The molecule has 1 unspecified atom stereocenters. The molecule has 2 aromatic carbocycles. The molecule has 176 valence electrons. The van der Waals surface area contributed by atoms with E-state index in [4.69, 9.17) is 22.1 Å². The highest BCUT2D eigenvalue weighted by atomic mass is 35.5. The van der Waals surface area contributed by atoms with Crippen molar-refractivity contribution < 1.29 is 13.2 Å². The summed E-state index contributed by atoms with van der Waals surface area (Å²) in [6.45, 7) is 0. The van der Waals surface area contributed by atoms with E-state index in [2.05, 4.69) is 9.97 Å². The molecular formula is C24H18ClN5O4S. The summed E-state index contributed by atoms with van der Waals surface area (Å²) < 4.78 is 33.8. The normalized spacial score (nSPS) is 14.8. The van der Waals surface area contributed by atoms with Gasteiger partial charge in [-0.1, -0.05) is 23.7 Å². The molecule has 1 atom stereocenters. The molecule has 11 heteroatoms. The third-order valence-electron chi connectivity index (χ3n) is 5.97. The molecule has 0 spiro atoms. The molecule has 3 heterocycles. The lowest BCUT2D eigenvalue weighted by atomic mass is 9.81. The van der Waals surface area contributed by atoms with E-state index >= 15 is 0 Å². The van der Waals surface area contributed by atoms with Crippen molar-refractivity contribution in [3.05, 3.63) is 86.3 Å². The van der Waals surface area contributed by atoms with E-state index in [1.54, 1.807) is 36.4 Å². The molecule has 0 aliphatic carbocycles. The molecule has 0 radical (unpaired) electrons. The van der Waals surface area contributed by atoms with Crippen molar-refractivity contribution in [3.63, 3.8) is 0 Å². The molecule has 0 saturated heterocycles. The number of pyridine rings is 2. The molecular weight excluding hydrogens is 490 g/mol. The van der Waals surface area contributed by atoms with Gasteiger partial charge < -0.3 is 10.5 Å². The minimum atomic E-state index is -3.88. The van der Waals surface area contributed by atoms with Gasteiger partial charge in [-0.05, 0) is 35.9 Å². The van der Waals surface area contributed by atoms with Gasteiger partial charge in [0.15, 0.2) is 5.75 Å². The number of aromatic nitrogens is 2. The number of H-pyrrole nitrogens is 1. The first-order valence-corrected chi connectivity index (χ1v) is 12.2. The Morgan fingerprint density at radius 3 is 2.60 bits per heavy atom. The van der Waals surface area contributed by atoms with Crippen LogP contribution in [0, 0.1) is 11.3 Å². The second-order valence-corrected chi connectivity index (χ2v) is 10.7. The molecule has 2 aromatic heterocycles. The highest BCUT2D eigenvalue weighted by molar-refractivity contribution is 7.89. The number of nitrogen functional groups attached to an aromatic ring is 1. The van der Waals surface area contributed by atoms with Gasteiger partial charge in [0.2, 0.25) is 15.9 Å². The summed E-state index contributed by atoms with van der Waals surface area (Å²) >= 11 is 6.11. The summed E-state index contributed by atoms with van der Waals surface area (Å²) in [7, 11) is -0.989. The Kier molecular flexibility index (Phi) is 5.29. The summed E-state index contributed by atoms with van der Waals surface area (Å²) in [4.78, 5) is 19.6. The van der Waals surface area contributed by atoms with Crippen LogP contribution in [-0.2, 0) is 10.0 Å². The number of nitriles is 1. The predicted molar refractivity (Wildman–Crippen MR) is 131 cm³/mol. The highest BCUT2D eigenvalue weighted by Gasteiger charge is 2.37. The van der Waals surface area contributed by atoms with Gasteiger partial charge >= 0.3 is 0 Å². The zero-order valence-corrected chi connectivity index (χ0v) is 20.1. The number of rotatable bonds is 3. The fourth-order valence-corrected chi connectivity index (χ4v) is 5.53. The second-order valence-electron chi connectivity index (χ2n) is 8.16. The maximum Gasteiger partial charge on any atom is 0.270 e. The zero-order valence-electron chi connectivity index (χ0n) is 18.5. The van der Waals surface area contributed by atoms with Crippen LogP contribution in [0.1, 0.15) is 28.2 Å². The van der Waals surface area contributed by atoms with Crippen LogP contribution in [0.4, 0.5) is 5.69 Å². The number of nitrogens with zero attached hydrogens (tertiary/aromatic N) is 3. The Morgan fingerprint density at radius 2 is 1.94 bits per heavy atom. The number of ether oxygens (including phenoxy) is 1. The molecule has 5 rings (SSSR count). The van der Waals surface area contributed by atoms with Gasteiger partial charge in [-0.2, -0.15) is 5.26 Å². The van der Waals surface area contributed by atoms with Crippen LogP contribution in [0.15, 0.2) is 58.4 Å². The third kappa shape index (κ3) is 3.44. The first-order valence-electron chi connectivity index (χ1n) is 10.4. The second kappa shape index (κ2) is 8.09. The van der Waals surface area contributed by atoms with Gasteiger partial charge in [0.1, 0.15) is 17.1 Å². The number of nitrogens with two attached hydrogens (primary N) is 1. The Labute approximate surface area is 205 Å². The average molecular weight is 508 g/mol. The highest BCUT2D eigenvalue weighted by Crippen LogP contribution is 2.52. The van der Waals surface area contributed by atoms with Gasteiger partial charge in [-0.25, -0.2) is 12.7 Å². The fraction of sp³-hybridized carbons (Fsp3) is 0.125. The lowest BCUT2D eigenvalue weighted by Crippen LogP contribution is -2.25. The Hall–Kier alpha value is -3.91. The third-order valence-corrected chi connectivity index (χ3v) is 8.08. The monoisotopic (exact) mass is 507 g/mol. The predicted octanol–water partition coefficient (Wildman–Crippen LogP) is 3.57. The van der Waals surface area contributed by atoms with Crippen LogP contribution in [0.3, 0.4) is 0 Å². The van der Waals surface area contributed by atoms with Crippen molar-refractivity contribution in [2.75, 3.05) is 19.8 Å². The van der Waals surface area contributed by atoms with E-state index in [1.807, 2.05) is 6.07 Å². The lowest BCUT2D eigenvalue weighted by molar-refractivity contribution is 0.436. The number of nitrogens with one attached hydrogen (secondary N) is 1. The standard InChI is InChI=1S/C24H18ClN5O4S/c1-30(2)35(32,33)17-10-15-18(12-5-7-13(25)8-6-12)19-20(27)16(11-26)23(31)29-24(19)34-22(15)21-14(17)4-3-9-28-21/h3-10,18H,1-2H3,(H3,27,29,31). The van der Waals surface area contributed by atoms with E-state index in [1.165, 1.54) is 26.4 Å². The average Bonchev–Trinajstić information content (AvgIpc) is 2.83. The number of hydrogen-bond donors (Lipinski definition) is 2. The van der Waals surface area contributed by atoms with Crippen molar-refractivity contribution in [2.24, 2.45) is 0 Å². The van der Waals surface area contributed by atoms with E-state index in [-0.39, 0.29) is 27.8 Å².